The van der Waals surface area contributed by atoms with E-state index in [0.717, 1.165) is 25.9 Å². The number of hydrogen-bond acceptors (Lipinski definition) is 3. The second-order valence-electron chi connectivity index (χ2n) is 5.80. The lowest BCUT2D eigenvalue weighted by molar-refractivity contribution is -0.125. The van der Waals surface area contributed by atoms with Gasteiger partial charge in [-0.3, -0.25) is 4.79 Å². The van der Waals surface area contributed by atoms with Crippen LogP contribution in [0.3, 0.4) is 0 Å². The first-order valence-electron chi connectivity index (χ1n) is 7.46. The third kappa shape index (κ3) is 2.72. The molecule has 20 heavy (non-hydrogen) atoms. The predicted octanol–water partition coefficient (Wildman–Crippen LogP) is 1.24. The molecule has 4 unspecified atom stereocenters. The van der Waals surface area contributed by atoms with E-state index in [9.17, 15) is 4.79 Å². The Hall–Kier alpha value is -1.39. The van der Waals surface area contributed by atoms with E-state index in [1.807, 2.05) is 18.2 Å². The molecule has 4 heteroatoms. The SMILES string of the molecule is NC1C2CCOC2C1NC(=O)CCCc1ccccc1. The minimum Gasteiger partial charge on any atom is -0.376 e. The maximum atomic E-state index is 11.9. The van der Waals surface area contributed by atoms with Crippen LogP contribution in [0, 0.1) is 5.92 Å². The van der Waals surface area contributed by atoms with Crippen molar-refractivity contribution in [3.8, 4) is 0 Å². The van der Waals surface area contributed by atoms with E-state index in [1.54, 1.807) is 0 Å². The van der Waals surface area contributed by atoms with Crippen LogP contribution in [0.2, 0.25) is 0 Å². The Bertz CT molecular complexity index is 463. The van der Waals surface area contributed by atoms with Crippen LogP contribution >= 0.6 is 0 Å². The van der Waals surface area contributed by atoms with Gasteiger partial charge in [0, 0.05) is 25.0 Å². The highest BCUT2D eigenvalue weighted by atomic mass is 16.5. The van der Waals surface area contributed by atoms with E-state index in [0.29, 0.717) is 12.3 Å². The molecule has 0 bridgehead atoms. The van der Waals surface area contributed by atoms with Gasteiger partial charge in [-0.1, -0.05) is 30.3 Å². The number of amides is 1. The Morgan fingerprint density at radius 3 is 2.95 bits per heavy atom. The Kier molecular flexibility index (Phi) is 4.03. The van der Waals surface area contributed by atoms with Crippen LogP contribution < -0.4 is 11.1 Å². The molecule has 2 fully saturated rings. The number of carbonyl (C=O) groups is 1. The fraction of sp³-hybridized carbons (Fsp3) is 0.562. The van der Waals surface area contributed by atoms with Gasteiger partial charge in [-0.25, -0.2) is 0 Å². The molecule has 4 atom stereocenters. The highest BCUT2D eigenvalue weighted by Gasteiger charge is 2.52. The number of ether oxygens (including phenoxy) is 1. The van der Waals surface area contributed by atoms with Gasteiger partial charge < -0.3 is 15.8 Å². The van der Waals surface area contributed by atoms with Crippen LogP contribution in [0.15, 0.2) is 30.3 Å². The number of hydrogen-bond donors (Lipinski definition) is 2. The van der Waals surface area contributed by atoms with E-state index in [1.165, 1.54) is 5.56 Å². The highest BCUT2D eigenvalue weighted by molar-refractivity contribution is 5.76. The minimum absolute atomic E-state index is 0.0201. The molecule has 3 N–H and O–H groups in total. The van der Waals surface area contributed by atoms with Gasteiger partial charge in [-0.05, 0) is 24.8 Å². The Morgan fingerprint density at radius 2 is 2.15 bits per heavy atom. The molecular formula is C16H22N2O2. The zero-order valence-electron chi connectivity index (χ0n) is 11.6. The molecule has 1 amide bonds. The van der Waals surface area contributed by atoms with Crippen molar-refractivity contribution < 1.29 is 9.53 Å². The van der Waals surface area contributed by atoms with Gasteiger partial charge in [0.15, 0.2) is 0 Å². The maximum absolute atomic E-state index is 11.9. The van der Waals surface area contributed by atoms with Crippen molar-refractivity contribution in [1.82, 2.24) is 5.32 Å². The smallest absolute Gasteiger partial charge is 0.220 e. The molecule has 0 aromatic heterocycles. The molecule has 0 spiro atoms. The van der Waals surface area contributed by atoms with Gasteiger partial charge in [0.1, 0.15) is 0 Å². The molecule has 1 aromatic rings. The predicted molar refractivity (Wildman–Crippen MR) is 77.1 cm³/mol. The third-order valence-corrected chi connectivity index (χ3v) is 4.49. The van der Waals surface area contributed by atoms with E-state index in [-0.39, 0.29) is 24.1 Å². The lowest BCUT2D eigenvalue weighted by Gasteiger charge is -2.45. The van der Waals surface area contributed by atoms with Gasteiger partial charge in [0.25, 0.3) is 0 Å². The number of rotatable bonds is 5. The molecule has 2 aliphatic rings. The molecule has 1 heterocycles. The van der Waals surface area contributed by atoms with Crippen LogP contribution in [0.4, 0.5) is 0 Å². The molecule has 3 rings (SSSR count). The maximum Gasteiger partial charge on any atom is 0.220 e. The van der Waals surface area contributed by atoms with Gasteiger partial charge in [-0.2, -0.15) is 0 Å². The molecule has 1 aliphatic carbocycles. The fourth-order valence-electron chi connectivity index (χ4n) is 3.28. The van der Waals surface area contributed by atoms with E-state index < -0.39 is 0 Å². The monoisotopic (exact) mass is 274 g/mol. The summed E-state index contributed by atoms with van der Waals surface area (Å²) >= 11 is 0. The highest BCUT2D eigenvalue weighted by Crippen LogP contribution is 2.37. The van der Waals surface area contributed by atoms with Crippen LogP contribution in [0.1, 0.15) is 24.8 Å². The van der Waals surface area contributed by atoms with Crippen molar-refractivity contribution in [3.05, 3.63) is 35.9 Å². The number of benzene rings is 1. The number of fused-ring (bicyclic) bond motifs is 1. The number of aryl methyl sites for hydroxylation is 1. The van der Waals surface area contributed by atoms with Crippen LogP contribution in [-0.4, -0.2) is 30.7 Å². The standard InChI is InChI=1S/C16H22N2O2/c17-14-12-9-10-20-16(12)15(14)18-13(19)8-4-7-11-5-2-1-3-6-11/h1-3,5-6,12,14-16H,4,7-10,17H2,(H,18,19). The van der Waals surface area contributed by atoms with Crippen LogP contribution in [0.5, 0.6) is 0 Å². The van der Waals surface area contributed by atoms with Crippen molar-refractivity contribution in [3.63, 3.8) is 0 Å². The normalized spacial score (nSPS) is 31.4. The molecule has 108 valence electrons. The molecule has 1 aromatic carbocycles. The van der Waals surface area contributed by atoms with Gasteiger partial charge in [-0.15, -0.1) is 0 Å². The summed E-state index contributed by atoms with van der Waals surface area (Å²) in [4.78, 5) is 11.9. The molecule has 4 nitrogen and oxygen atoms in total. The first-order valence-corrected chi connectivity index (χ1v) is 7.46. The lowest BCUT2D eigenvalue weighted by Crippen LogP contribution is -2.68. The Morgan fingerprint density at radius 1 is 1.35 bits per heavy atom. The van der Waals surface area contributed by atoms with Crippen molar-refractivity contribution >= 4 is 5.91 Å². The average Bonchev–Trinajstić information content (AvgIpc) is 2.91. The summed E-state index contributed by atoms with van der Waals surface area (Å²) in [6.07, 6.45) is 3.55. The zero-order valence-corrected chi connectivity index (χ0v) is 11.6. The molecule has 1 saturated carbocycles. The average molecular weight is 274 g/mol. The van der Waals surface area contributed by atoms with Crippen LogP contribution in [-0.2, 0) is 16.0 Å². The molecular weight excluding hydrogens is 252 g/mol. The van der Waals surface area contributed by atoms with Gasteiger partial charge in [0.05, 0.1) is 12.1 Å². The Balaban J connectivity index is 1.40. The number of nitrogens with two attached hydrogens (primary N) is 1. The van der Waals surface area contributed by atoms with Crippen molar-refractivity contribution in [2.24, 2.45) is 11.7 Å². The molecule has 1 saturated heterocycles. The van der Waals surface area contributed by atoms with Crippen molar-refractivity contribution in [2.45, 2.75) is 43.9 Å². The van der Waals surface area contributed by atoms with Gasteiger partial charge >= 0.3 is 0 Å². The third-order valence-electron chi connectivity index (χ3n) is 4.49. The topological polar surface area (TPSA) is 64.3 Å². The zero-order chi connectivity index (χ0) is 13.9. The summed E-state index contributed by atoms with van der Waals surface area (Å²) in [5.74, 6) is 0.542. The summed E-state index contributed by atoms with van der Waals surface area (Å²) in [6.45, 7) is 0.781. The number of carbonyl (C=O) groups excluding carboxylic acids is 1. The summed E-state index contributed by atoms with van der Waals surface area (Å²) < 4.78 is 5.61. The van der Waals surface area contributed by atoms with E-state index >= 15 is 0 Å². The second kappa shape index (κ2) is 5.94. The Labute approximate surface area is 119 Å². The minimum atomic E-state index is 0.0201. The quantitative estimate of drug-likeness (QED) is 0.849. The largest absolute Gasteiger partial charge is 0.376 e. The van der Waals surface area contributed by atoms with E-state index in [4.69, 9.17) is 10.5 Å². The molecule has 0 radical (unpaired) electrons. The second-order valence-corrected chi connectivity index (χ2v) is 5.80. The first-order chi connectivity index (χ1) is 9.75. The number of nitrogens with one attached hydrogen (secondary N) is 1. The first kappa shape index (κ1) is 13.6. The summed E-state index contributed by atoms with van der Waals surface area (Å²) in [5.41, 5.74) is 7.36. The van der Waals surface area contributed by atoms with Crippen molar-refractivity contribution in [2.75, 3.05) is 6.61 Å². The summed E-state index contributed by atoms with van der Waals surface area (Å²) in [7, 11) is 0. The van der Waals surface area contributed by atoms with Crippen LogP contribution in [0.25, 0.3) is 0 Å². The fourth-order valence-corrected chi connectivity index (χ4v) is 3.28. The molecule has 1 aliphatic heterocycles. The van der Waals surface area contributed by atoms with Gasteiger partial charge in [0.2, 0.25) is 5.91 Å². The summed E-state index contributed by atoms with van der Waals surface area (Å²) in [6, 6.07) is 10.3. The summed E-state index contributed by atoms with van der Waals surface area (Å²) in [5, 5.41) is 3.03. The van der Waals surface area contributed by atoms with E-state index in [2.05, 4.69) is 17.4 Å². The lowest BCUT2D eigenvalue weighted by atomic mass is 9.72. The van der Waals surface area contributed by atoms with Crippen molar-refractivity contribution in [1.29, 1.82) is 0 Å².